The normalized spacial score (nSPS) is 10.4. The fraction of sp³-hybridized carbons (Fsp3) is 0.267. The van der Waals surface area contributed by atoms with Gasteiger partial charge in [0.05, 0.1) is 12.3 Å². The Morgan fingerprint density at radius 1 is 1.35 bits per heavy atom. The van der Waals surface area contributed by atoms with Gasteiger partial charge < -0.3 is 4.74 Å². The lowest BCUT2D eigenvalue weighted by atomic mass is 10.0. The number of aromatic nitrogens is 2. The monoisotopic (exact) mass is 274 g/mol. The second-order valence-corrected chi connectivity index (χ2v) is 4.37. The van der Waals surface area contributed by atoms with E-state index < -0.39 is 11.8 Å². The molecule has 0 fully saturated rings. The van der Waals surface area contributed by atoms with Gasteiger partial charge in [0.25, 0.3) is 0 Å². The second-order valence-electron chi connectivity index (χ2n) is 4.37. The third kappa shape index (κ3) is 2.66. The Balaban J connectivity index is 2.59. The van der Waals surface area contributed by atoms with Crippen LogP contribution in [-0.2, 0) is 4.74 Å². The lowest BCUT2D eigenvalue weighted by molar-refractivity contribution is 0.0519. The van der Waals surface area contributed by atoms with Gasteiger partial charge >= 0.3 is 5.97 Å². The van der Waals surface area contributed by atoms with Crippen molar-refractivity contribution in [2.24, 2.45) is 0 Å². The van der Waals surface area contributed by atoms with Crippen molar-refractivity contribution in [3.05, 3.63) is 47.3 Å². The molecule has 0 aliphatic rings. The first kappa shape index (κ1) is 14.1. The number of carbonyl (C=O) groups is 1. The van der Waals surface area contributed by atoms with Crippen LogP contribution in [0, 0.1) is 19.7 Å². The highest BCUT2D eigenvalue weighted by atomic mass is 19.1. The SMILES string of the molecule is CCOC(=O)c1cc(-c2cnccc2C)c(F)c(C)n1. The van der Waals surface area contributed by atoms with Gasteiger partial charge in [-0.2, -0.15) is 0 Å². The Bertz CT molecular complexity index is 656. The summed E-state index contributed by atoms with van der Waals surface area (Å²) >= 11 is 0. The van der Waals surface area contributed by atoms with Crippen LogP contribution in [0.25, 0.3) is 11.1 Å². The van der Waals surface area contributed by atoms with E-state index in [1.165, 1.54) is 13.0 Å². The average Bonchev–Trinajstić information content (AvgIpc) is 2.43. The van der Waals surface area contributed by atoms with Gasteiger partial charge in [-0.1, -0.05) is 0 Å². The fourth-order valence-electron chi connectivity index (χ4n) is 1.91. The number of nitrogens with zero attached hydrogens (tertiary/aromatic N) is 2. The standard InChI is InChI=1S/C15H15FN2O2/c1-4-20-15(19)13-7-11(14(16)10(3)18-13)12-8-17-6-5-9(12)2/h5-8H,4H2,1-3H3. The molecule has 0 saturated carbocycles. The minimum absolute atomic E-state index is 0.101. The topological polar surface area (TPSA) is 52.1 Å². The smallest absolute Gasteiger partial charge is 0.356 e. The molecule has 0 saturated heterocycles. The van der Waals surface area contributed by atoms with E-state index in [4.69, 9.17) is 4.74 Å². The zero-order valence-electron chi connectivity index (χ0n) is 11.6. The maximum absolute atomic E-state index is 14.3. The van der Waals surface area contributed by atoms with Gasteiger partial charge in [-0.15, -0.1) is 0 Å². The molecule has 0 N–H and O–H groups in total. The third-order valence-corrected chi connectivity index (χ3v) is 2.94. The van der Waals surface area contributed by atoms with Crippen LogP contribution in [0.5, 0.6) is 0 Å². The summed E-state index contributed by atoms with van der Waals surface area (Å²) in [7, 11) is 0. The van der Waals surface area contributed by atoms with E-state index in [0.29, 0.717) is 11.1 Å². The molecular weight excluding hydrogens is 259 g/mol. The van der Waals surface area contributed by atoms with Crippen molar-refractivity contribution in [3.63, 3.8) is 0 Å². The van der Waals surface area contributed by atoms with Crippen molar-refractivity contribution in [1.82, 2.24) is 9.97 Å². The largest absolute Gasteiger partial charge is 0.461 e. The van der Waals surface area contributed by atoms with Gasteiger partial charge in [0.1, 0.15) is 5.69 Å². The number of halogens is 1. The molecule has 2 heterocycles. The van der Waals surface area contributed by atoms with E-state index in [9.17, 15) is 9.18 Å². The van der Waals surface area contributed by atoms with Crippen LogP contribution < -0.4 is 0 Å². The van der Waals surface area contributed by atoms with E-state index in [1.807, 2.05) is 6.92 Å². The lowest BCUT2D eigenvalue weighted by Crippen LogP contribution is -2.09. The second kappa shape index (κ2) is 5.77. The summed E-state index contributed by atoms with van der Waals surface area (Å²) in [6.07, 6.45) is 3.21. The zero-order valence-corrected chi connectivity index (χ0v) is 11.6. The van der Waals surface area contributed by atoms with E-state index in [1.54, 1.807) is 25.4 Å². The Morgan fingerprint density at radius 2 is 2.10 bits per heavy atom. The molecule has 0 spiro atoms. The van der Waals surface area contributed by atoms with E-state index >= 15 is 0 Å². The van der Waals surface area contributed by atoms with Crippen LogP contribution in [0.2, 0.25) is 0 Å². The van der Waals surface area contributed by atoms with Crippen LogP contribution in [0.1, 0.15) is 28.7 Å². The van der Waals surface area contributed by atoms with E-state index in [2.05, 4.69) is 9.97 Å². The summed E-state index contributed by atoms with van der Waals surface area (Å²) in [4.78, 5) is 19.7. The van der Waals surface area contributed by atoms with Crippen LogP contribution in [0.4, 0.5) is 4.39 Å². The fourth-order valence-corrected chi connectivity index (χ4v) is 1.91. The van der Waals surface area contributed by atoms with Gasteiger partial charge in [0, 0.05) is 23.5 Å². The number of hydrogen-bond acceptors (Lipinski definition) is 4. The van der Waals surface area contributed by atoms with Crippen LogP contribution in [0.3, 0.4) is 0 Å². The maximum Gasteiger partial charge on any atom is 0.356 e. The van der Waals surface area contributed by atoms with Crippen LogP contribution in [-0.4, -0.2) is 22.5 Å². The zero-order chi connectivity index (χ0) is 14.7. The number of carbonyl (C=O) groups excluding carboxylic acids is 1. The first-order chi connectivity index (χ1) is 9.54. The lowest BCUT2D eigenvalue weighted by Gasteiger charge is -2.10. The minimum Gasteiger partial charge on any atom is -0.461 e. The summed E-state index contributed by atoms with van der Waals surface area (Å²) < 4.78 is 19.2. The van der Waals surface area contributed by atoms with Gasteiger partial charge in [0.2, 0.25) is 0 Å². The molecule has 0 aliphatic heterocycles. The number of ether oxygens (including phenoxy) is 1. The highest BCUT2D eigenvalue weighted by Gasteiger charge is 2.17. The number of esters is 1. The molecule has 0 amide bonds. The molecule has 20 heavy (non-hydrogen) atoms. The molecule has 2 aromatic rings. The van der Waals surface area contributed by atoms with Crippen molar-refractivity contribution in [2.75, 3.05) is 6.61 Å². The van der Waals surface area contributed by atoms with Gasteiger partial charge in [-0.05, 0) is 38.5 Å². The van der Waals surface area contributed by atoms with Crippen molar-refractivity contribution in [3.8, 4) is 11.1 Å². The minimum atomic E-state index is -0.557. The van der Waals surface area contributed by atoms with Crippen molar-refractivity contribution < 1.29 is 13.9 Å². The molecule has 0 bridgehead atoms. The Hall–Kier alpha value is -2.30. The van der Waals surface area contributed by atoms with Crippen molar-refractivity contribution in [1.29, 1.82) is 0 Å². The first-order valence-electron chi connectivity index (χ1n) is 6.29. The molecule has 2 rings (SSSR count). The van der Waals surface area contributed by atoms with Crippen molar-refractivity contribution in [2.45, 2.75) is 20.8 Å². The number of hydrogen-bond donors (Lipinski definition) is 0. The van der Waals surface area contributed by atoms with E-state index in [0.717, 1.165) is 5.56 Å². The molecule has 104 valence electrons. The Labute approximate surface area is 116 Å². The van der Waals surface area contributed by atoms with Crippen LogP contribution in [0.15, 0.2) is 24.5 Å². The highest BCUT2D eigenvalue weighted by Crippen LogP contribution is 2.27. The predicted molar refractivity (Wildman–Crippen MR) is 72.9 cm³/mol. The molecule has 0 aliphatic carbocycles. The van der Waals surface area contributed by atoms with Gasteiger partial charge in [0.15, 0.2) is 5.82 Å². The predicted octanol–water partition coefficient (Wildman–Crippen LogP) is 3.08. The molecule has 5 heteroatoms. The Kier molecular flexibility index (Phi) is 4.08. The molecular formula is C15H15FN2O2. The number of rotatable bonds is 3. The third-order valence-electron chi connectivity index (χ3n) is 2.94. The van der Waals surface area contributed by atoms with Gasteiger partial charge in [-0.25, -0.2) is 14.2 Å². The van der Waals surface area contributed by atoms with Crippen LogP contribution >= 0.6 is 0 Å². The summed E-state index contributed by atoms with van der Waals surface area (Å²) in [5.74, 6) is -1.01. The average molecular weight is 274 g/mol. The van der Waals surface area contributed by atoms with Gasteiger partial charge in [-0.3, -0.25) is 4.98 Å². The number of pyridine rings is 2. The molecule has 0 unspecified atom stereocenters. The molecule has 0 atom stereocenters. The van der Waals surface area contributed by atoms with E-state index in [-0.39, 0.29) is 18.0 Å². The summed E-state index contributed by atoms with van der Waals surface area (Å²) in [5, 5.41) is 0. The number of aryl methyl sites for hydroxylation is 2. The van der Waals surface area contributed by atoms with Crippen molar-refractivity contribution >= 4 is 5.97 Å². The molecule has 4 nitrogen and oxygen atoms in total. The molecule has 0 radical (unpaired) electrons. The Morgan fingerprint density at radius 3 is 2.75 bits per heavy atom. The summed E-state index contributed by atoms with van der Waals surface area (Å²) in [5.41, 5.74) is 2.09. The quantitative estimate of drug-likeness (QED) is 0.807. The highest BCUT2D eigenvalue weighted by molar-refractivity contribution is 5.89. The summed E-state index contributed by atoms with van der Waals surface area (Å²) in [6.45, 7) is 5.34. The molecule has 2 aromatic heterocycles. The molecule has 0 aromatic carbocycles. The first-order valence-corrected chi connectivity index (χ1v) is 6.29. The maximum atomic E-state index is 14.3. The summed E-state index contributed by atoms with van der Waals surface area (Å²) in [6, 6.07) is 3.19.